The standard InChI is InChI=1S/C20H21NO7S/c1-13-4-6-15(29(2,24)25)11-16(13)20(23)28-12-19(22)21-14-5-7-17-18(10-14)27-9-3-8-26-17/h4-7,10-11H,3,8-9,12H2,1-2H3,(H,21,22). The summed E-state index contributed by atoms with van der Waals surface area (Å²) < 4.78 is 39.5. The fraction of sp³-hybridized carbons (Fsp3) is 0.300. The van der Waals surface area contributed by atoms with Gasteiger partial charge in [-0.1, -0.05) is 6.07 Å². The van der Waals surface area contributed by atoms with Crippen molar-refractivity contribution in [3.63, 3.8) is 0 Å². The van der Waals surface area contributed by atoms with Gasteiger partial charge in [0.05, 0.1) is 23.7 Å². The van der Waals surface area contributed by atoms with Crippen LogP contribution in [0.25, 0.3) is 0 Å². The van der Waals surface area contributed by atoms with Crippen molar-refractivity contribution in [1.29, 1.82) is 0 Å². The first-order valence-corrected chi connectivity index (χ1v) is 10.8. The van der Waals surface area contributed by atoms with Gasteiger partial charge in [0.25, 0.3) is 5.91 Å². The van der Waals surface area contributed by atoms with Crippen LogP contribution in [0.2, 0.25) is 0 Å². The molecule has 0 atom stereocenters. The van der Waals surface area contributed by atoms with Crippen molar-refractivity contribution >= 4 is 27.4 Å². The lowest BCUT2D eigenvalue weighted by atomic mass is 10.1. The van der Waals surface area contributed by atoms with Gasteiger partial charge in [0.1, 0.15) is 0 Å². The number of fused-ring (bicyclic) bond motifs is 1. The molecule has 1 heterocycles. The maximum atomic E-state index is 12.3. The van der Waals surface area contributed by atoms with E-state index in [-0.39, 0.29) is 10.5 Å². The molecule has 0 aliphatic carbocycles. The second kappa shape index (κ2) is 8.52. The van der Waals surface area contributed by atoms with E-state index in [1.165, 1.54) is 18.2 Å². The smallest absolute Gasteiger partial charge is 0.338 e. The molecule has 9 heteroatoms. The lowest BCUT2D eigenvalue weighted by molar-refractivity contribution is -0.119. The van der Waals surface area contributed by atoms with Gasteiger partial charge >= 0.3 is 5.97 Å². The van der Waals surface area contributed by atoms with Crippen molar-refractivity contribution in [2.75, 3.05) is 31.4 Å². The minimum atomic E-state index is -3.47. The molecule has 1 amide bonds. The molecule has 1 aliphatic rings. The van der Waals surface area contributed by atoms with Crippen LogP contribution in [0.4, 0.5) is 5.69 Å². The van der Waals surface area contributed by atoms with Crippen molar-refractivity contribution in [2.45, 2.75) is 18.2 Å². The zero-order valence-electron chi connectivity index (χ0n) is 16.1. The zero-order valence-corrected chi connectivity index (χ0v) is 16.9. The molecule has 0 aromatic heterocycles. The molecule has 1 N–H and O–H groups in total. The molecule has 8 nitrogen and oxygen atoms in total. The molecule has 0 saturated carbocycles. The van der Waals surface area contributed by atoms with Gasteiger partial charge in [-0.3, -0.25) is 4.79 Å². The summed E-state index contributed by atoms with van der Waals surface area (Å²) in [4.78, 5) is 24.4. The number of ether oxygens (including phenoxy) is 3. The summed E-state index contributed by atoms with van der Waals surface area (Å²) >= 11 is 0. The third-order valence-corrected chi connectivity index (χ3v) is 5.33. The molecule has 0 unspecified atom stereocenters. The summed E-state index contributed by atoms with van der Waals surface area (Å²) in [6.45, 7) is 2.22. The second-order valence-electron chi connectivity index (χ2n) is 6.59. The molecule has 0 saturated heterocycles. The second-order valence-corrected chi connectivity index (χ2v) is 8.60. The first-order chi connectivity index (χ1) is 13.7. The van der Waals surface area contributed by atoms with E-state index in [4.69, 9.17) is 14.2 Å². The molecule has 0 fully saturated rings. The number of esters is 1. The highest BCUT2D eigenvalue weighted by Gasteiger charge is 2.17. The number of aryl methyl sites for hydroxylation is 1. The Hall–Kier alpha value is -3.07. The Labute approximate surface area is 168 Å². The highest BCUT2D eigenvalue weighted by molar-refractivity contribution is 7.90. The maximum absolute atomic E-state index is 12.3. The van der Waals surface area contributed by atoms with E-state index in [0.717, 1.165) is 12.7 Å². The van der Waals surface area contributed by atoms with Gasteiger partial charge in [-0.15, -0.1) is 0 Å². The average molecular weight is 419 g/mol. The Morgan fingerprint density at radius 2 is 1.79 bits per heavy atom. The molecule has 29 heavy (non-hydrogen) atoms. The third-order valence-electron chi connectivity index (χ3n) is 4.22. The van der Waals surface area contributed by atoms with Crippen LogP contribution in [0.3, 0.4) is 0 Å². The predicted octanol–water partition coefficient (Wildman–Crippen LogP) is 2.36. The van der Waals surface area contributed by atoms with Crippen LogP contribution in [0.1, 0.15) is 22.3 Å². The molecule has 1 aliphatic heterocycles. The Morgan fingerprint density at radius 1 is 1.07 bits per heavy atom. The van der Waals surface area contributed by atoms with Crippen molar-refractivity contribution < 1.29 is 32.2 Å². The molecule has 0 spiro atoms. The normalized spacial score (nSPS) is 13.3. The number of carbonyl (C=O) groups is 2. The van der Waals surface area contributed by atoms with Crippen LogP contribution in [-0.2, 0) is 19.4 Å². The number of nitrogens with one attached hydrogen (secondary N) is 1. The number of benzene rings is 2. The summed E-state index contributed by atoms with van der Waals surface area (Å²) in [5.74, 6) is -0.176. The van der Waals surface area contributed by atoms with Gasteiger partial charge in [-0.25, -0.2) is 13.2 Å². The van der Waals surface area contributed by atoms with Crippen molar-refractivity contribution in [3.8, 4) is 11.5 Å². The average Bonchev–Trinajstić information content (AvgIpc) is 2.90. The van der Waals surface area contributed by atoms with Crippen molar-refractivity contribution in [3.05, 3.63) is 47.5 Å². The van der Waals surface area contributed by atoms with Gasteiger partial charge in [-0.05, 0) is 36.8 Å². The van der Waals surface area contributed by atoms with Crippen LogP contribution in [-0.4, -0.2) is 46.4 Å². The minimum absolute atomic E-state index is 0.00620. The van der Waals surface area contributed by atoms with Crippen LogP contribution in [0.5, 0.6) is 11.5 Å². The van der Waals surface area contributed by atoms with Gasteiger partial charge in [0, 0.05) is 24.4 Å². The molecular weight excluding hydrogens is 398 g/mol. The van der Waals surface area contributed by atoms with Gasteiger partial charge in [0.2, 0.25) is 0 Å². The van der Waals surface area contributed by atoms with E-state index < -0.39 is 28.3 Å². The SMILES string of the molecule is Cc1ccc(S(C)(=O)=O)cc1C(=O)OCC(=O)Nc1ccc2c(c1)OCCCO2. The maximum Gasteiger partial charge on any atom is 0.338 e. The number of sulfone groups is 1. The van der Waals surface area contributed by atoms with Crippen molar-refractivity contribution in [1.82, 2.24) is 0 Å². The van der Waals surface area contributed by atoms with E-state index in [1.807, 2.05) is 0 Å². The van der Waals surface area contributed by atoms with Gasteiger partial charge in [0.15, 0.2) is 27.9 Å². The molecule has 2 aromatic carbocycles. The summed E-state index contributed by atoms with van der Waals surface area (Å²) in [6, 6.07) is 9.17. The predicted molar refractivity (Wildman–Crippen MR) is 105 cm³/mol. The summed E-state index contributed by atoms with van der Waals surface area (Å²) in [7, 11) is -3.47. The number of hydrogen-bond donors (Lipinski definition) is 1. The van der Waals surface area contributed by atoms with Crippen LogP contribution in [0.15, 0.2) is 41.3 Å². The molecule has 3 rings (SSSR count). The third kappa shape index (κ3) is 5.26. The highest BCUT2D eigenvalue weighted by atomic mass is 32.2. The zero-order chi connectivity index (χ0) is 21.0. The summed E-state index contributed by atoms with van der Waals surface area (Å²) in [5.41, 5.74) is 1.12. The van der Waals surface area contributed by atoms with E-state index in [2.05, 4.69) is 5.32 Å². The van der Waals surface area contributed by atoms with Crippen LogP contribution >= 0.6 is 0 Å². The summed E-state index contributed by atoms with van der Waals surface area (Å²) in [5, 5.41) is 2.62. The van der Waals surface area contributed by atoms with Crippen LogP contribution < -0.4 is 14.8 Å². The fourth-order valence-electron chi connectivity index (χ4n) is 2.70. The molecular formula is C20H21NO7S. The largest absolute Gasteiger partial charge is 0.490 e. The monoisotopic (exact) mass is 419 g/mol. The number of anilines is 1. The van der Waals surface area contributed by atoms with E-state index in [1.54, 1.807) is 25.1 Å². The number of amides is 1. The Morgan fingerprint density at radius 3 is 2.52 bits per heavy atom. The molecule has 0 radical (unpaired) electrons. The van der Waals surface area contributed by atoms with E-state index in [9.17, 15) is 18.0 Å². The molecule has 2 aromatic rings. The van der Waals surface area contributed by atoms with Gasteiger partial charge in [-0.2, -0.15) is 0 Å². The van der Waals surface area contributed by atoms with E-state index in [0.29, 0.717) is 36.0 Å². The number of hydrogen-bond acceptors (Lipinski definition) is 7. The summed E-state index contributed by atoms with van der Waals surface area (Å²) in [6.07, 6.45) is 1.82. The lowest BCUT2D eigenvalue weighted by Crippen LogP contribution is -2.21. The Balaban J connectivity index is 1.62. The van der Waals surface area contributed by atoms with Gasteiger partial charge < -0.3 is 19.5 Å². The fourth-order valence-corrected chi connectivity index (χ4v) is 3.35. The molecule has 154 valence electrons. The van der Waals surface area contributed by atoms with Crippen LogP contribution in [0, 0.1) is 6.92 Å². The van der Waals surface area contributed by atoms with E-state index >= 15 is 0 Å². The van der Waals surface area contributed by atoms with Crippen molar-refractivity contribution in [2.24, 2.45) is 0 Å². The quantitative estimate of drug-likeness (QED) is 0.741. The Kier molecular flexibility index (Phi) is 6.07. The molecule has 0 bridgehead atoms. The topological polar surface area (TPSA) is 108 Å². The first-order valence-electron chi connectivity index (χ1n) is 8.91. The number of carbonyl (C=O) groups excluding carboxylic acids is 2. The minimum Gasteiger partial charge on any atom is -0.490 e. The highest BCUT2D eigenvalue weighted by Crippen LogP contribution is 2.32. The number of rotatable bonds is 5. The lowest BCUT2D eigenvalue weighted by Gasteiger charge is -2.11. The first kappa shape index (κ1) is 20.7. The Bertz CT molecular complexity index is 1050.